The highest BCUT2D eigenvalue weighted by Crippen LogP contribution is 2.10. The van der Waals surface area contributed by atoms with Crippen molar-refractivity contribution in [2.24, 2.45) is 0 Å². The quantitative estimate of drug-likeness (QED) is 0.807. The van der Waals surface area contributed by atoms with Crippen molar-refractivity contribution in [3.8, 4) is 0 Å². The van der Waals surface area contributed by atoms with Gasteiger partial charge < -0.3 is 4.74 Å². The van der Waals surface area contributed by atoms with Crippen LogP contribution in [-0.2, 0) is 11.3 Å². The molecule has 0 bridgehead atoms. The van der Waals surface area contributed by atoms with Crippen molar-refractivity contribution < 1.29 is 18.7 Å². The summed E-state index contributed by atoms with van der Waals surface area (Å²) in [5, 5.41) is 2.36. The molecule has 0 unspecified atom stereocenters. The number of benzene rings is 2. The smallest absolute Gasteiger partial charge is 0.428 e. The second-order valence-electron chi connectivity index (χ2n) is 5.09. The second kappa shape index (κ2) is 8.10. The number of carbonyl (C=O) groups is 2. The highest BCUT2D eigenvalue weighted by atomic mass is 19.1. The molecule has 0 atom stereocenters. The van der Waals surface area contributed by atoms with Gasteiger partial charge in [-0.1, -0.05) is 30.3 Å². The lowest BCUT2D eigenvalue weighted by atomic mass is 10.2. The molecule has 0 aliphatic heterocycles. The van der Waals surface area contributed by atoms with Crippen LogP contribution in [0.15, 0.2) is 54.6 Å². The lowest BCUT2D eigenvalue weighted by Crippen LogP contribution is -2.47. The topological polar surface area (TPSA) is 49.9 Å². The number of hydrogen-bond acceptors (Lipinski definition) is 3. The zero-order valence-electron chi connectivity index (χ0n) is 13.6. The molecular formula is C18H19FN2O3. The third kappa shape index (κ3) is 4.32. The van der Waals surface area contributed by atoms with Gasteiger partial charge in [0.05, 0.1) is 0 Å². The van der Waals surface area contributed by atoms with Crippen molar-refractivity contribution >= 4 is 12.0 Å². The van der Waals surface area contributed by atoms with E-state index in [9.17, 15) is 14.0 Å². The molecule has 0 radical (unpaired) electrons. The first-order valence-corrected chi connectivity index (χ1v) is 7.54. The zero-order chi connectivity index (χ0) is 17.5. The van der Waals surface area contributed by atoms with E-state index in [0.29, 0.717) is 5.56 Å². The lowest BCUT2D eigenvalue weighted by molar-refractivity contribution is 0.00132. The van der Waals surface area contributed by atoms with E-state index in [1.54, 1.807) is 6.92 Å². The Bertz CT molecular complexity index is 689. The highest BCUT2D eigenvalue weighted by molar-refractivity contribution is 5.94. The molecule has 2 rings (SSSR count). The average Bonchev–Trinajstić information content (AvgIpc) is 2.61. The Morgan fingerprint density at radius 2 is 1.67 bits per heavy atom. The van der Waals surface area contributed by atoms with Gasteiger partial charge in [-0.3, -0.25) is 4.79 Å². The minimum absolute atomic E-state index is 0.117. The van der Waals surface area contributed by atoms with Crippen LogP contribution in [0, 0.1) is 5.82 Å². The van der Waals surface area contributed by atoms with Gasteiger partial charge >= 0.3 is 6.09 Å². The molecule has 2 aromatic rings. The zero-order valence-corrected chi connectivity index (χ0v) is 13.6. The highest BCUT2D eigenvalue weighted by Gasteiger charge is 2.23. The van der Waals surface area contributed by atoms with Crippen molar-refractivity contribution in [1.29, 1.82) is 0 Å². The molecule has 126 valence electrons. The van der Waals surface area contributed by atoms with E-state index in [0.717, 1.165) is 10.6 Å². The van der Waals surface area contributed by atoms with Gasteiger partial charge in [0.15, 0.2) is 0 Å². The molecule has 0 aliphatic rings. The predicted molar refractivity (Wildman–Crippen MR) is 87.5 cm³/mol. The molecule has 2 amide bonds. The van der Waals surface area contributed by atoms with Gasteiger partial charge in [0.2, 0.25) is 0 Å². The Kier molecular flexibility index (Phi) is 5.89. The molecule has 6 heteroatoms. The number of amides is 2. The Labute approximate surface area is 140 Å². The molecule has 0 N–H and O–H groups in total. The van der Waals surface area contributed by atoms with E-state index in [-0.39, 0.29) is 13.2 Å². The molecule has 0 saturated heterocycles. The van der Waals surface area contributed by atoms with Crippen LogP contribution in [0.5, 0.6) is 0 Å². The molecule has 0 aliphatic carbocycles. The summed E-state index contributed by atoms with van der Waals surface area (Å²) >= 11 is 0. The van der Waals surface area contributed by atoms with Crippen molar-refractivity contribution in [3.05, 3.63) is 71.5 Å². The summed E-state index contributed by atoms with van der Waals surface area (Å²) in [6.07, 6.45) is -0.642. The van der Waals surface area contributed by atoms with Gasteiger partial charge in [-0.05, 0) is 36.8 Å². The molecule has 0 heterocycles. The van der Waals surface area contributed by atoms with Crippen molar-refractivity contribution in [1.82, 2.24) is 10.0 Å². The first kappa shape index (κ1) is 17.5. The maximum Gasteiger partial charge on any atom is 0.428 e. The molecule has 5 nitrogen and oxygen atoms in total. The summed E-state index contributed by atoms with van der Waals surface area (Å²) in [5.41, 5.74) is 1.15. The maximum absolute atomic E-state index is 13.0. The summed E-state index contributed by atoms with van der Waals surface area (Å²) in [6, 6.07) is 14.4. The summed E-state index contributed by atoms with van der Waals surface area (Å²) in [4.78, 5) is 24.6. The first-order valence-electron chi connectivity index (χ1n) is 7.54. The minimum Gasteiger partial charge on any atom is -0.443 e. The summed E-state index contributed by atoms with van der Waals surface area (Å²) < 4.78 is 18.2. The monoisotopic (exact) mass is 330 g/mol. The van der Waals surface area contributed by atoms with Crippen LogP contribution in [0.3, 0.4) is 0 Å². The Hall–Kier alpha value is -2.89. The average molecular weight is 330 g/mol. The van der Waals surface area contributed by atoms with E-state index in [1.807, 2.05) is 30.3 Å². The second-order valence-corrected chi connectivity index (χ2v) is 5.09. The number of hydrogen-bond donors (Lipinski definition) is 0. The number of rotatable bonds is 4. The largest absolute Gasteiger partial charge is 0.443 e. The van der Waals surface area contributed by atoms with Crippen LogP contribution < -0.4 is 0 Å². The number of nitrogens with zero attached hydrogens (tertiary/aromatic N) is 2. The molecule has 0 spiro atoms. The van der Waals surface area contributed by atoms with Crippen molar-refractivity contribution in [2.45, 2.75) is 13.5 Å². The molecule has 2 aromatic carbocycles. The van der Waals surface area contributed by atoms with E-state index < -0.39 is 17.8 Å². The van der Waals surface area contributed by atoms with Gasteiger partial charge in [0, 0.05) is 19.2 Å². The van der Waals surface area contributed by atoms with Gasteiger partial charge in [-0.25, -0.2) is 19.2 Å². The van der Waals surface area contributed by atoms with Crippen LogP contribution in [0.1, 0.15) is 22.8 Å². The minimum atomic E-state index is -0.642. The molecule has 0 fully saturated rings. The Morgan fingerprint density at radius 3 is 2.25 bits per heavy atom. The fraction of sp³-hybridized carbons (Fsp3) is 0.222. The molecule has 0 aromatic heterocycles. The van der Waals surface area contributed by atoms with Gasteiger partial charge in [-0.15, -0.1) is 0 Å². The maximum atomic E-state index is 13.0. The fourth-order valence-corrected chi connectivity index (χ4v) is 2.14. The summed E-state index contributed by atoms with van der Waals surface area (Å²) in [6.45, 7) is 2.13. The number of halogens is 1. The van der Waals surface area contributed by atoms with Crippen LogP contribution in [0.2, 0.25) is 0 Å². The standard InChI is InChI=1S/C18H19FN2O3/c1-3-21(17(22)15-9-11-16(19)12-10-15)20(2)18(23)24-13-14-7-5-4-6-8-14/h4-12H,3,13H2,1-2H3. The molecule has 24 heavy (non-hydrogen) atoms. The third-order valence-electron chi connectivity index (χ3n) is 3.46. The van der Waals surface area contributed by atoms with Gasteiger partial charge in [-0.2, -0.15) is 0 Å². The lowest BCUT2D eigenvalue weighted by Gasteiger charge is -2.30. The molecular weight excluding hydrogens is 311 g/mol. The van der Waals surface area contributed by atoms with Crippen LogP contribution in [0.4, 0.5) is 9.18 Å². The Balaban J connectivity index is 2.01. The Morgan fingerprint density at radius 1 is 1.04 bits per heavy atom. The number of ether oxygens (including phenoxy) is 1. The first-order chi connectivity index (χ1) is 11.5. The van der Waals surface area contributed by atoms with Crippen LogP contribution >= 0.6 is 0 Å². The van der Waals surface area contributed by atoms with Gasteiger partial charge in [0.25, 0.3) is 5.91 Å². The summed E-state index contributed by atoms with van der Waals surface area (Å²) in [5.74, 6) is -0.832. The van der Waals surface area contributed by atoms with Gasteiger partial charge in [0.1, 0.15) is 12.4 Å². The SMILES string of the molecule is CCN(C(=O)c1ccc(F)cc1)N(C)C(=O)OCc1ccccc1. The number of carbonyl (C=O) groups excluding carboxylic acids is 2. The molecule has 0 saturated carbocycles. The van der Waals surface area contributed by atoms with Crippen LogP contribution in [0.25, 0.3) is 0 Å². The van der Waals surface area contributed by atoms with E-state index in [2.05, 4.69) is 0 Å². The van der Waals surface area contributed by atoms with Crippen molar-refractivity contribution in [3.63, 3.8) is 0 Å². The third-order valence-corrected chi connectivity index (χ3v) is 3.46. The van der Waals surface area contributed by atoms with E-state index in [1.165, 1.54) is 36.3 Å². The van der Waals surface area contributed by atoms with E-state index in [4.69, 9.17) is 4.74 Å². The van der Waals surface area contributed by atoms with Crippen LogP contribution in [-0.4, -0.2) is 35.6 Å². The van der Waals surface area contributed by atoms with E-state index >= 15 is 0 Å². The summed E-state index contributed by atoms with van der Waals surface area (Å²) in [7, 11) is 1.46. The fourth-order valence-electron chi connectivity index (χ4n) is 2.14. The predicted octanol–water partition coefficient (Wildman–Crippen LogP) is 3.47. The number of hydrazine groups is 1. The van der Waals surface area contributed by atoms with Crippen molar-refractivity contribution in [2.75, 3.05) is 13.6 Å². The normalized spacial score (nSPS) is 10.1.